The van der Waals surface area contributed by atoms with E-state index in [-0.39, 0.29) is 17.9 Å². The maximum atomic E-state index is 11.5. The minimum atomic E-state index is -3.57. The molecule has 0 radical (unpaired) electrons. The first kappa shape index (κ1) is 17.9. The first-order valence-electron chi connectivity index (χ1n) is 8.37. The standard InChI is InChI=1S/C19H24N2O3S/c1-14-11-21(19(12-24-14)16-7-4-3-5-8-16)18-10-6-9-17(15(18)2)13-25(20,22)23/h3-10,14,19H,11-13H2,1-2H3,(H2,20,22,23)/t14-,19?/m1/s1. The Balaban J connectivity index is 2.01. The van der Waals surface area contributed by atoms with Crippen molar-refractivity contribution < 1.29 is 13.2 Å². The van der Waals surface area contributed by atoms with Crippen LogP contribution in [0, 0.1) is 6.92 Å². The molecular weight excluding hydrogens is 336 g/mol. The number of hydrogen-bond acceptors (Lipinski definition) is 4. The fraction of sp³-hybridized carbons (Fsp3) is 0.368. The van der Waals surface area contributed by atoms with Gasteiger partial charge in [0.05, 0.1) is 24.5 Å². The molecule has 1 saturated heterocycles. The van der Waals surface area contributed by atoms with Crippen molar-refractivity contribution in [2.45, 2.75) is 31.7 Å². The van der Waals surface area contributed by atoms with Crippen molar-refractivity contribution in [3.63, 3.8) is 0 Å². The molecule has 2 aromatic carbocycles. The fourth-order valence-electron chi connectivity index (χ4n) is 3.37. The van der Waals surface area contributed by atoms with Gasteiger partial charge >= 0.3 is 0 Å². The molecule has 0 saturated carbocycles. The van der Waals surface area contributed by atoms with Gasteiger partial charge < -0.3 is 9.64 Å². The molecule has 0 aliphatic carbocycles. The van der Waals surface area contributed by atoms with Crippen molar-refractivity contribution >= 4 is 15.7 Å². The Morgan fingerprint density at radius 3 is 2.56 bits per heavy atom. The predicted octanol–water partition coefficient (Wildman–Crippen LogP) is 2.75. The van der Waals surface area contributed by atoms with Crippen LogP contribution < -0.4 is 10.0 Å². The number of nitrogens with two attached hydrogens (primary N) is 1. The highest BCUT2D eigenvalue weighted by Crippen LogP contribution is 2.34. The summed E-state index contributed by atoms with van der Waals surface area (Å²) in [6, 6.07) is 16.1. The van der Waals surface area contributed by atoms with Crippen LogP contribution >= 0.6 is 0 Å². The van der Waals surface area contributed by atoms with E-state index in [0.717, 1.165) is 23.4 Å². The van der Waals surface area contributed by atoms with Crippen LogP contribution in [-0.2, 0) is 20.5 Å². The lowest BCUT2D eigenvalue weighted by Gasteiger charge is -2.41. The Labute approximate surface area is 149 Å². The summed E-state index contributed by atoms with van der Waals surface area (Å²) in [6.45, 7) is 5.36. The lowest BCUT2D eigenvalue weighted by atomic mass is 10.00. The van der Waals surface area contributed by atoms with Crippen LogP contribution in [0.4, 0.5) is 5.69 Å². The molecule has 0 spiro atoms. The van der Waals surface area contributed by atoms with Gasteiger partial charge in [-0.1, -0.05) is 42.5 Å². The summed E-state index contributed by atoms with van der Waals surface area (Å²) in [4.78, 5) is 2.31. The molecule has 1 aliphatic rings. The molecule has 5 nitrogen and oxygen atoms in total. The summed E-state index contributed by atoms with van der Waals surface area (Å²) < 4.78 is 28.9. The van der Waals surface area contributed by atoms with Gasteiger partial charge in [-0.2, -0.15) is 0 Å². The Kier molecular flexibility index (Phi) is 5.13. The summed E-state index contributed by atoms with van der Waals surface area (Å²) in [6.07, 6.45) is 0.112. The van der Waals surface area contributed by atoms with E-state index < -0.39 is 10.0 Å². The van der Waals surface area contributed by atoms with Gasteiger partial charge in [0.2, 0.25) is 10.0 Å². The third kappa shape index (κ3) is 4.21. The van der Waals surface area contributed by atoms with Gasteiger partial charge in [0.1, 0.15) is 0 Å². The second-order valence-corrected chi connectivity index (χ2v) is 8.21. The molecule has 2 aromatic rings. The average Bonchev–Trinajstić information content (AvgIpc) is 2.56. The zero-order chi connectivity index (χ0) is 18.0. The van der Waals surface area contributed by atoms with Gasteiger partial charge in [0.25, 0.3) is 0 Å². The first-order chi connectivity index (χ1) is 11.8. The topological polar surface area (TPSA) is 72.6 Å². The number of morpholine rings is 1. The Morgan fingerprint density at radius 2 is 1.88 bits per heavy atom. The Bertz CT molecular complexity index is 837. The largest absolute Gasteiger partial charge is 0.374 e. The van der Waals surface area contributed by atoms with Crippen molar-refractivity contribution in [2.24, 2.45) is 5.14 Å². The van der Waals surface area contributed by atoms with Crippen LogP contribution in [0.2, 0.25) is 0 Å². The average molecular weight is 360 g/mol. The van der Waals surface area contributed by atoms with E-state index in [0.29, 0.717) is 6.61 Å². The summed E-state index contributed by atoms with van der Waals surface area (Å²) in [5.41, 5.74) is 3.91. The second-order valence-electron chi connectivity index (χ2n) is 6.59. The van der Waals surface area contributed by atoms with Crippen LogP contribution in [0.3, 0.4) is 0 Å². The van der Waals surface area contributed by atoms with Crippen molar-refractivity contribution in [3.05, 3.63) is 65.2 Å². The highest BCUT2D eigenvalue weighted by Gasteiger charge is 2.29. The number of primary sulfonamides is 1. The molecule has 6 heteroatoms. The van der Waals surface area contributed by atoms with Crippen molar-refractivity contribution in [3.8, 4) is 0 Å². The van der Waals surface area contributed by atoms with Crippen LogP contribution in [0.15, 0.2) is 48.5 Å². The molecule has 2 atom stereocenters. The van der Waals surface area contributed by atoms with Gasteiger partial charge in [0, 0.05) is 12.2 Å². The minimum Gasteiger partial charge on any atom is -0.374 e. The second kappa shape index (κ2) is 7.15. The lowest BCUT2D eigenvalue weighted by Crippen LogP contribution is -2.44. The summed E-state index contributed by atoms with van der Waals surface area (Å²) >= 11 is 0. The van der Waals surface area contributed by atoms with E-state index in [4.69, 9.17) is 9.88 Å². The highest BCUT2D eigenvalue weighted by atomic mass is 32.2. The van der Waals surface area contributed by atoms with Crippen molar-refractivity contribution in [1.82, 2.24) is 0 Å². The van der Waals surface area contributed by atoms with Gasteiger partial charge in [-0.3, -0.25) is 0 Å². The highest BCUT2D eigenvalue weighted by molar-refractivity contribution is 7.88. The summed E-state index contributed by atoms with van der Waals surface area (Å²) in [5, 5.41) is 5.24. The molecule has 25 heavy (non-hydrogen) atoms. The number of rotatable bonds is 4. The molecule has 134 valence electrons. The van der Waals surface area contributed by atoms with Crippen LogP contribution in [0.1, 0.15) is 29.7 Å². The zero-order valence-electron chi connectivity index (χ0n) is 14.6. The SMILES string of the molecule is Cc1c(CS(N)(=O)=O)cccc1N1C[C@@H](C)OCC1c1ccccc1. The van der Waals surface area contributed by atoms with E-state index in [1.807, 2.05) is 43.3 Å². The summed E-state index contributed by atoms with van der Waals surface area (Å²) in [7, 11) is -3.57. The van der Waals surface area contributed by atoms with Gasteiger partial charge in [0.15, 0.2) is 0 Å². The fourth-order valence-corrected chi connectivity index (χ4v) is 4.12. The van der Waals surface area contributed by atoms with Gasteiger partial charge in [-0.05, 0) is 36.6 Å². The molecule has 0 amide bonds. The number of nitrogens with zero attached hydrogens (tertiary/aromatic N) is 1. The van der Waals surface area contributed by atoms with E-state index in [2.05, 4.69) is 24.0 Å². The quantitative estimate of drug-likeness (QED) is 0.910. The maximum absolute atomic E-state index is 11.5. The van der Waals surface area contributed by atoms with E-state index in [1.165, 1.54) is 5.56 Å². The molecule has 1 fully saturated rings. The van der Waals surface area contributed by atoms with E-state index in [9.17, 15) is 8.42 Å². The molecule has 2 N–H and O–H groups in total. The molecule has 1 unspecified atom stereocenters. The Hall–Kier alpha value is -1.89. The van der Waals surface area contributed by atoms with E-state index >= 15 is 0 Å². The number of benzene rings is 2. The molecule has 0 aromatic heterocycles. The smallest absolute Gasteiger partial charge is 0.213 e. The van der Waals surface area contributed by atoms with E-state index in [1.54, 1.807) is 0 Å². The molecular formula is C19H24N2O3S. The third-order valence-electron chi connectivity index (χ3n) is 4.64. The molecule has 1 aliphatic heterocycles. The first-order valence-corrected chi connectivity index (χ1v) is 10.1. The number of sulfonamides is 1. The number of hydrogen-bond donors (Lipinski definition) is 1. The van der Waals surface area contributed by atoms with Crippen LogP contribution in [-0.4, -0.2) is 27.7 Å². The van der Waals surface area contributed by atoms with Gasteiger partial charge in [-0.15, -0.1) is 0 Å². The number of anilines is 1. The molecule has 1 heterocycles. The monoisotopic (exact) mass is 360 g/mol. The van der Waals surface area contributed by atoms with Crippen molar-refractivity contribution in [2.75, 3.05) is 18.1 Å². The molecule has 3 rings (SSSR count). The number of ether oxygens (including phenoxy) is 1. The minimum absolute atomic E-state index is 0.0980. The summed E-state index contributed by atoms with van der Waals surface area (Å²) in [5.74, 6) is -0.150. The predicted molar refractivity (Wildman–Crippen MR) is 99.9 cm³/mol. The lowest BCUT2D eigenvalue weighted by molar-refractivity contribution is 0.0303. The Morgan fingerprint density at radius 1 is 1.16 bits per heavy atom. The van der Waals surface area contributed by atoms with Crippen LogP contribution in [0.25, 0.3) is 0 Å². The maximum Gasteiger partial charge on any atom is 0.213 e. The zero-order valence-corrected chi connectivity index (χ0v) is 15.4. The van der Waals surface area contributed by atoms with Gasteiger partial charge in [-0.25, -0.2) is 13.6 Å². The molecule has 0 bridgehead atoms. The third-order valence-corrected chi connectivity index (χ3v) is 5.35. The normalized spacial score (nSPS) is 21.3. The van der Waals surface area contributed by atoms with Crippen molar-refractivity contribution in [1.29, 1.82) is 0 Å². The van der Waals surface area contributed by atoms with Crippen LogP contribution in [0.5, 0.6) is 0 Å².